The highest BCUT2D eigenvalue weighted by atomic mass is 32.1. The molecule has 4 heterocycles. The molecule has 326 valence electrons. The number of pyridine rings is 1. The van der Waals surface area contributed by atoms with Gasteiger partial charge in [0.15, 0.2) is 0 Å². The Hall–Kier alpha value is -5.24. The molecule has 3 aromatic heterocycles. The molecule has 3 atom stereocenters. The van der Waals surface area contributed by atoms with E-state index < -0.39 is 12.1 Å². The predicted octanol–water partition coefficient (Wildman–Crippen LogP) is 9.57. The normalized spacial score (nSPS) is 14.9. The van der Waals surface area contributed by atoms with Crippen LogP contribution in [0, 0.1) is 5.41 Å². The first-order valence-corrected chi connectivity index (χ1v) is 22.5. The number of nitrogens with zero attached hydrogens (tertiary/aromatic N) is 5. The largest absolute Gasteiger partial charge is 0.465 e. The zero-order valence-corrected chi connectivity index (χ0v) is 37.9. The van der Waals surface area contributed by atoms with Crippen molar-refractivity contribution in [3.63, 3.8) is 0 Å². The van der Waals surface area contributed by atoms with Crippen molar-refractivity contribution in [3.8, 4) is 22.5 Å². The molecule has 3 unspecified atom stereocenters. The van der Waals surface area contributed by atoms with E-state index in [2.05, 4.69) is 89.6 Å². The molecule has 3 aromatic carbocycles. The van der Waals surface area contributed by atoms with Crippen molar-refractivity contribution in [1.82, 2.24) is 29.9 Å². The van der Waals surface area contributed by atoms with Crippen LogP contribution in [0.5, 0.6) is 0 Å². The molecule has 12 heteroatoms. The van der Waals surface area contributed by atoms with Crippen LogP contribution in [-0.4, -0.2) is 76.3 Å². The van der Waals surface area contributed by atoms with Crippen molar-refractivity contribution in [2.24, 2.45) is 5.41 Å². The van der Waals surface area contributed by atoms with Crippen molar-refractivity contribution in [2.75, 3.05) is 33.9 Å². The highest BCUT2D eigenvalue weighted by Gasteiger charge is 2.40. The molecule has 1 aliphatic heterocycles. The van der Waals surface area contributed by atoms with Gasteiger partial charge in [0.2, 0.25) is 0 Å². The molecule has 11 nitrogen and oxygen atoms in total. The maximum Gasteiger partial charge on any atom is 0.302 e. The quantitative estimate of drug-likeness (QED) is 0.0846. The number of rotatable bonds is 18. The standard InChI is InChI=1S/C50H60N6O5S/c1-8-55-43-24-23-38(28-40(43)41(29-50(4,5)33-61-35(3)57)45(55)39-22-17-25-51-44(39)34(2)59-6)42-32-62-48(53-42)47(60-7)46(49(58)56-27-16-15-26-52-56)54(30-36-18-11-9-12-19-36)31-37-20-13-10-14-21-37/h9-14,17-25,28,32,34,46-47,52H,8,15-16,26-27,29-31,33H2,1-7H3. The first-order valence-electron chi connectivity index (χ1n) is 21.6. The van der Waals surface area contributed by atoms with Crippen LogP contribution in [0.15, 0.2) is 103 Å². The molecular formula is C50H60N6O5S. The van der Waals surface area contributed by atoms with E-state index in [4.69, 9.17) is 24.2 Å². The lowest BCUT2D eigenvalue weighted by Gasteiger charge is -2.39. The summed E-state index contributed by atoms with van der Waals surface area (Å²) in [5, 5.41) is 5.68. The Balaban J connectivity index is 1.33. The molecule has 0 aliphatic carbocycles. The topological polar surface area (TPSA) is 111 Å². The molecule has 0 spiro atoms. The fraction of sp³-hybridized carbons (Fsp3) is 0.400. The number of hydrazine groups is 1. The number of aryl methyl sites for hydroxylation is 1. The second-order valence-electron chi connectivity index (χ2n) is 16.9. The summed E-state index contributed by atoms with van der Waals surface area (Å²) in [5.41, 5.74) is 12.1. The number of esters is 1. The van der Waals surface area contributed by atoms with Crippen molar-refractivity contribution in [1.29, 1.82) is 0 Å². The Labute approximate surface area is 370 Å². The minimum atomic E-state index is -0.678. The Morgan fingerprint density at radius 1 is 0.935 bits per heavy atom. The molecule has 6 aromatic rings. The van der Waals surface area contributed by atoms with Crippen molar-refractivity contribution >= 4 is 34.1 Å². The minimum Gasteiger partial charge on any atom is -0.465 e. The number of carbonyl (C=O) groups is 2. The summed E-state index contributed by atoms with van der Waals surface area (Å²) in [5.74, 6) is -0.332. The van der Waals surface area contributed by atoms with Gasteiger partial charge in [0, 0.05) is 92.9 Å². The van der Waals surface area contributed by atoms with Gasteiger partial charge in [-0.15, -0.1) is 11.3 Å². The molecule has 1 amide bonds. The van der Waals surface area contributed by atoms with Gasteiger partial charge in [-0.1, -0.05) is 80.6 Å². The first kappa shape index (κ1) is 44.8. The fourth-order valence-electron chi connectivity index (χ4n) is 8.60. The van der Waals surface area contributed by atoms with E-state index in [-0.39, 0.29) is 30.0 Å². The number of ether oxygens (including phenoxy) is 3. The lowest BCUT2D eigenvalue weighted by atomic mass is 9.84. The van der Waals surface area contributed by atoms with Crippen LogP contribution in [0.4, 0.5) is 0 Å². The van der Waals surface area contributed by atoms with Crippen LogP contribution >= 0.6 is 11.3 Å². The third-order valence-corrected chi connectivity index (χ3v) is 12.6. The Kier molecular flexibility index (Phi) is 14.7. The van der Waals surface area contributed by atoms with Crippen molar-refractivity contribution in [3.05, 3.63) is 130 Å². The molecule has 0 bridgehead atoms. The predicted molar refractivity (Wildman–Crippen MR) is 246 cm³/mol. The number of nitrogens with one attached hydrogen (secondary N) is 1. The van der Waals surface area contributed by atoms with E-state index in [1.54, 1.807) is 19.2 Å². The van der Waals surface area contributed by atoms with Crippen LogP contribution in [0.25, 0.3) is 33.4 Å². The Bertz CT molecular complexity index is 2390. The molecule has 0 saturated carbocycles. The van der Waals surface area contributed by atoms with Crippen molar-refractivity contribution < 1.29 is 23.8 Å². The van der Waals surface area contributed by atoms with Gasteiger partial charge in [0.1, 0.15) is 17.2 Å². The highest BCUT2D eigenvalue weighted by Crippen LogP contribution is 2.42. The van der Waals surface area contributed by atoms with Gasteiger partial charge in [0.05, 0.1) is 29.8 Å². The Morgan fingerprint density at radius 3 is 2.26 bits per heavy atom. The van der Waals surface area contributed by atoms with Gasteiger partial charge >= 0.3 is 5.97 Å². The molecule has 0 radical (unpaired) electrons. The van der Waals surface area contributed by atoms with Gasteiger partial charge in [-0.2, -0.15) is 0 Å². The van der Waals surface area contributed by atoms with Gasteiger partial charge in [-0.05, 0) is 74.1 Å². The zero-order valence-electron chi connectivity index (χ0n) is 37.1. The monoisotopic (exact) mass is 856 g/mol. The summed E-state index contributed by atoms with van der Waals surface area (Å²) in [4.78, 5) is 39.2. The fourth-order valence-corrected chi connectivity index (χ4v) is 9.53. The second kappa shape index (κ2) is 20.3. The number of hydrogen-bond acceptors (Lipinski definition) is 10. The minimum absolute atomic E-state index is 0.0337. The van der Waals surface area contributed by atoms with Crippen LogP contribution in [0.2, 0.25) is 0 Å². The summed E-state index contributed by atoms with van der Waals surface area (Å²) < 4.78 is 20.2. The SMILES string of the molecule is CCn1c(-c2cccnc2C(C)OC)c(CC(C)(C)COC(C)=O)c2cc(-c3csc(C(OC)C(C(=O)N4CCCCN4)N(Cc4ccccc4)Cc4ccccc4)n3)ccc21. The van der Waals surface area contributed by atoms with E-state index in [9.17, 15) is 9.59 Å². The third kappa shape index (κ3) is 10.2. The van der Waals surface area contributed by atoms with Gasteiger partial charge in [-0.3, -0.25) is 24.5 Å². The number of amides is 1. The summed E-state index contributed by atoms with van der Waals surface area (Å²) in [7, 11) is 3.39. The lowest BCUT2D eigenvalue weighted by Crippen LogP contribution is -2.57. The summed E-state index contributed by atoms with van der Waals surface area (Å²) in [6.45, 7) is 13.4. The van der Waals surface area contributed by atoms with Gasteiger partial charge in [-0.25, -0.2) is 10.4 Å². The Morgan fingerprint density at radius 2 is 1.65 bits per heavy atom. The third-order valence-electron chi connectivity index (χ3n) is 11.7. The number of methoxy groups -OCH3 is 2. The van der Waals surface area contributed by atoms with E-state index in [1.165, 1.54) is 18.3 Å². The van der Waals surface area contributed by atoms with E-state index >= 15 is 0 Å². The molecule has 1 saturated heterocycles. The van der Waals surface area contributed by atoms with E-state index in [1.807, 2.05) is 55.6 Å². The van der Waals surface area contributed by atoms with Crippen LogP contribution < -0.4 is 5.43 Å². The van der Waals surface area contributed by atoms with Gasteiger partial charge < -0.3 is 18.8 Å². The molecule has 7 rings (SSSR count). The first-order chi connectivity index (χ1) is 30.0. The van der Waals surface area contributed by atoms with Crippen LogP contribution in [0.1, 0.15) is 87.1 Å². The zero-order chi connectivity index (χ0) is 43.8. The molecule has 1 fully saturated rings. The molecule has 62 heavy (non-hydrogen) atoms. The molecule has 1 N–H and O–H groups in total. The number of benzene rings is 3. The number of hydrogen-bond donors (Lipinski definition) is 1. The highest BCUT2D eigenvalue weighted by molar-refractivity contribution is 7.10. The summed E-state index contributed by atoms with van der Waals surface area (Å²) >= 11 is 1.52. The average molecular weight is 857 g/mol. The van der Waals surface area contributed by atoms with E-state index in [0.717, 1.165) is 86.7 Å². The van der Waals surface area contributed by atoms with Crippen LogP contribution in [0.3, 0.4) is 0 Å². The molecule has 1 aliphatic rings. The number of carbonyl (C=O) groups excluding carboxylic acids is 2. The van der Waals surface area contributed by atoms with Crippen molar-refractivity contribution in [2.45, 2.75) is 91.8 Å². The lowest BCUT2D eigenvalue weighted by molar-refractivity contribution is -0.148. The second-order valence-corrected chi connectivity index (χ2v) is 17.8. The maximum absolute atomic E-state index is 14.9. The number of fused-ring (bicyclic) bond motifs is 1. The van der Waals surface area contributed by atoms with E-state index in [0.29, 0.717) is 26.1 Å². The number of thiazole rings is 1. The summed E-state index contributed by atoms with van der Waals surface area (Å²) in [6, 6.07) is 30.6. The number of aromatic nitrogens is 3. The average Bonchev–Trinajstić information content (AvgIpc) is 3.90. The molecular weight excluding hydrogens is 797 g/mol. The smallest absolute Gasteiger partial charge is 0.302 e. The summed E-state index contributed by atoms with van der Waals surface area (Å²) in [6.07, 6.45) is 3.52. The van der Waals surface area contributed by atoms with Gasteiger partial charge in [0.25, 0.3) is 5.91 Å². The maximum atomic E-state index is 14.9. The van der Waals surface area contributed by atoms with Crippen LogP contribution in [-0.2, 0) is 49.9 Å².